The standard InChI is InChI=1S/C17H36N4O4S/c1-7-8-10-14(13-20-16(22)25-17(2,3)4)21-15(18-5)19-11-9-12-26(6,23)24/h14H,7-13H2,1-6H3,(H,20,22)(H2,18,19,21). The van der Waals surface area contributed by atoms with Crippen LogP contribution in [0.1, 0.15) is 53.4 Å². The maximum atomic E-state index is 11.8. The summed E-state index contributed by atoms with van der Waals surface area (Å²) in [6.45, 7) is 8.49. The van der Waals surface area contributed by atoms with Crippen molar-refractivity contribution in [3.05, 3.63) is 0 Å². The number of nitrogens with zero attached hydrogens (tertiary/aromatic N) is 1. The topological polar surface area (TPSA) is 109 Å². The van der Waals surface area contributed by atoms with E-state index in [4.69, 9.17) is 4.74 Å². The Morgan fingerprint density at radius 3 is 2.35 bits per heavy atom. The van der Waals surface area contributed by atoms with Crippen LogP contribution in [0.4, 0.5) is 4.79 Å². The molecule has 0 aromatic carbocycles. The molecule has 0 spiro atoms. The summed E-state index contributed by atoms with van der Waals surface area (Å²) in [4.78, 5) is 16.0. The highest BCUT2D eigenvalue weighted by Gasteiger charge is 2.18. The van der Waals surface area contributed by atoms with Gasteiger partial charge in [-0.2, -0.15) is 0 Å². The molecule has 0 radical (unpaired) electrons. The molecule has 0 bridgehead atoms. The fraction of sp³-hybridized carbons (Fsp3) is 0.882. The molecule has 0 saturated carbocycles. The summed E-state index contributed by atoms with van der Waals surface area (Å²) in [5.74, 6) is 0.724. The summed E-state index contributed by atoms with van der Waals surface area (Å²) in [6.07, 6.45) is 4.22. The Morgan fingerprint density at radius 2 is 1.85 bits per heavy atom. The molecule has 1 atom stereocenters. The molecule has 9 heteroatoms. The minimum absolute atomic E-state index is 0.00331. The summed E-state index contributed by atoms with van der Waals surface area (Å²) in [5, 5.41) is 9.16. The summed E-state index contributed by atoms with van der Waals surface area (Å²) < 4.78 is 27.6. The lowest BCUT2D eigenvalue weighted by Gasteiger charge is -2.24. The number of aliphatic imine (C=N–C) groups is 1. The molecule has 8 nitrogen and oxygen atoms in total. The van der Waals surface area contributed by atoms with Crippen molar-refractivity contribution in [2.75, 3.05) is 32.1 Å². The van der Waals surface area contributed by atoms with E-state index in [2.05, 4.69) is 27.9 Å². The molecule has 0 aliphatic carbocycles. The number of carbonyl (C=O) groups is 1. The average Bonchev–Trinajstić information content (AvgIpc) is 2.49. The molecule has 0 aliphatic heterocycles. The Bertz CT molecular complexity index is 541. The van der Waals surface area contributed by atoms with E-state index in [-0.39, 0.29) is 11.8 Å². The Morgan fingerprint density at radius 1 is 1.19 bits per heavy atom. The van der Waals surface area contributed by atoms with Gasteiger partial charge in [0.1, 0.15) is 15.4 Å². The first-order valence-electron chi connectivity index (χ1n) is 9.08. The first kappa shape index (κ1) is 24.5. The van der Waals surface area contributed by atoms with Gasteiger partial charge < -0.3 is 20.7 Å². The Balaban J connectivity index is 4.49. The van der Waals surface area contributed by atoms with Crippen LogP contribution in [-0.2, 0) is 14.6 Å². The molecular formula is C17H36N4O4S. The van der Waals surface area contributed by atoms with Crippen LogP contribution in [-0.4, -0.2) is 64.3 Å². The molecule has 1 unspecified atom stereocenters. The van der Waals surface area contributed by atoms with Crippen molar-refractivity contribution in [2.24, 2.45) is 4.99 Å². The van der Waals surface area contributed by atoms with E-state index in [0.29, 0.717) is 25.5 Å². The number of amides is 1. The van der Waals surface area contributed by atoms with Crippen molar-refractivity contribution in [3.8, 4) is 0 Å². The number of ether oxygens (including phenoxy) is 1. The number of rotatable bonds is 10. The van der Waals surface area contributed by atoms with Crippen molar-refractivity contribution in [1.82, 2.24) is 16.0 Å². The molecule has 3 N–H and O–H groups in total. The van der Waals surface area contributed by atoms with Crippen LogP contribution in [0.15, 0.2) is 4.99 Å². The zero-order valence-corrected chi connectivity index (χ0v) is 17.8. The van der Waals surface area contributed by atoms with Crippen LogP contribution in [0.3, 0.4) is 0 Å². The van der Waals surface area contributed by atoms with Gasteiger partial charge in [0, 0.05) is 32.4 Å². The van der Waals surface area contributed by atoms with Gasteiger partial charge in [0.15, 0.2) is 5.96 Å². The quantitative estimate of drug-likeness (QED) is 0.296. The molecule has 0 aromatic rings. The zero-order chi connectivity index (χ0) is 20.2. The van der Waals surface area contributed by atoms with E-state index in [0.717, 1.165) is 19.3 Å². The van der Waals surface area contributed by atoms with E-state index in [1.165, 1.54) is 6.26 Å². The molecular weight excluding hydrogens is 356 g/mol. The molecule has 0 saturated heterocycles. The van der Waals surface area contributed by atoms with Gasteiger partial charge in [-0.15, -0.1) is 0 Å². The monoisotopic (exact) mass is 392 g/mol. The zero-order valence-electron chi connectivity index (χ0n) is 17.0. The lowest BCUT2D eigenvalue weighted by molar-refractivity contribution is 0.0522. The SMILES string of the molecule is CCCCC(CNC(=O)OC(C)(C)C)NC(=NC)NCCCS(C)(=O)=O. The van der Waals surface area contributed by atoms with Crippen molar-refractivity contribution < 1.29 is 17.9 Å². The Labute approximate surface area is 158 Å². The smallest absolute Gasteiger partial charge is 0.407 e. The third-order valence-corrected chi connectivity index (χ3v) is 4.38. The fourth-order valence-corrected chi connectivity index (χ4v) is 2.79. The minimum Gasteiger partial charge on any atom is -0.444 e. The first-order chi connectivity index (χ1) is 12.0. The molecule has 154 valence electrons. The number of hydrogen-bond donors (Lipinski definition) is 3. The van der Waals surface area contributed by atoms with Gasteiger partial charge in [-0.1, -0.05) is 19.8 Å². The van der Waals surface area contributed by atoms with Crippen LogP contribution >= 0.6 is 0 Å². The van der Waals surface area contributed by atoms with E-state index in [9.17, 15) is 13.2 Å². The third-order valence-electron chi connectivity index (χ3n) is 3.35. The first-order valence-corrected chi connectivity index (χ1v) is 11.1. The highest BCUT2D eigenvalue weighted by Crippen LogP contribution is 2.07. The van der Waals surface area contributed by atoms with Gasteiger partial charge in [-0.3, -0.25) is 4.99 Å². The van der Waals surface area contributed by atoms with Crippen LogP contribution < -0.4 is 16.0 Å². The van der Waals surface area contributed by atoms with Crippen molar-refractivity contribution in [1.29, 1.82) is 0 Å². The minimum atomic E-state index is -2.96. The average molecular weight is 393 g/mol. The molecule has 1 amide bonds. The number of unbranched alkanes of at least 4 members (excludes halogenated alkanes) is 1. The Kier molecular flexibility index (Phi) is 11.3. The number of guanidine groups is 1. The molecule has 0 rings (SSSR count). The van der Waals surface area contributed by atoms with Crippen molar-refractivity contribution >= 4 is 21.9 Å². The van der Waals surface area contributed by atoms with E-state index in [1.807, 2.05) is 20.8 Å². The third kappa shape index (κ3) is 14.8. The van der Waals surface area contributed by atoms with Gasteiger partial charge in [0.25, 0.3) is 0 Å². The normalized spacial score (nSPS) is 13.8. The van der Waals surface area contributed by atoms with Crippen LogP contribution in [0.25, 0.3) is 0 Å². The number of hydrogen-bond acceptors (Lipinski definition) is 5. The van der Waals surface area contributed by atoms with Gasteiger partial charge in [0.2, 0.25) is 0 Å². The van der Waals surface area contributed by atoms with E-state index >= 15 is 0 Å². The van der Waals surface area contributed by atoms with Crippen LogP contribution in [0.5, 0.6) is 0 Å². The largest absolute Gasteiger partial charge is 0.444 e. The van der Waals surface area contributed by atoms with Crippen molar-refractivity contribution in [2.45, 2.75) is 65.0 Å². The van der Waals surface area contributed by atoms with Crippen LogP contribution in [0.2, 0.25) is 0 Å². The lowest BCUT2D eigenvalue weighted by atomic mass is 10.1. The number of nitrogens with one attached hydrogen (secondary N) is 3. The molecule has 0 fully saturated rings. The van der Waals surface area contributed by atoms with Gasteiger partial charge >= 0.3 is 6.09 Å². The van der Waals surface area contributed by atoms with Gasteiger partial charge in [-0.05, 0) is 33.6 Å². The van der Waals surface area contributed by atoms with Gasteiger partial charge in [-0.25, -0.2) is 13.2 Å². The second-order valence-corrected chi connectivity index (χ2v) is 9.61. The predicted octanol–water partition coefficient (Wildman–Crippen LogP) is 1.67. The molecule has 26 heavy (non-hydrogen) atoms. The van der Waals surface area contributed by atoms with Crippen LogP contribution in [0, 0.1) is 0 Å². The molecule has 0 heterocycles. The maximum absolute atomic E-state index is 11.8. The second-order valence-electron chi connectivity index (χ2n) is 7.35. The van der Waals surface area contributed by atoms with E-state index in [1.54, 1.807) is 7.05 Å². The number of sulfone groups is 1. The fourth-order valence-electron chi connectivity index (χ4n) is 2.13. The summed E-state index contributed by atoms with van der Waals surface area (Å²) >= 11 is 0. The lowest BCUT2D eigenvalue weighted by Crippen LogP contribution is -2.49. The Hall–Kier alpha value is -1.51. The number of carbonyl (C=O) groups excluding carboxylic acids is 1. The van der Waals surface area contributed by atoms with Gasteiger partial charge in [0.05, 0.1) is 5.75 Å². The highest BCUT2D eigenvalue weighted by atomic mass is 32.2. The molecule has 0 aliphatic rings. The summed E-state index contributed by atoms with van der Waals surface area (Å²) in [7, 11) is -1.30. The summed E-state index contributed by atoms with van der Waals surface area (Å²) in [6, 6.07) is 0.00331. The molecule has 0 aromatic heterocycles. The van der Waals surface area contributed by atoms with Crippen molar-refractivity contribution in [3.63, 3.8) is 0 Å². The highest BCUT2D eigenvalue weighted by molar-refractivity contribution is 7.90. The van der Waals surface area contributed by atoms with E-state index < -0.39 is 21.5 Å². The number of alkyl carbamates (subject to hydrolysis) is 1. The predicted molar refractivity (Wildman–Crippen MR) is 106 cm³/mol. The summed E-state index contributed by atoms with van der Waals surface area (Å²) in [5.41, 5.74) is -0.534. The second kappa shape index (κ2) is 12.0. The maximum Gasteiger partial charge on any atom is 0.407 e.